The van der Waals surface area contributed by atoms with Gasteiger partial charge < -0.3 is 19.5 Å². The van der Waals surface area contributed by atoms with E-state index in [0.717, 1.165) is 42.5 Å². The number of anilines is 1. The molecule has 0 fully saturated rings. The van der Waals surface area contributed by atoms with Gasteiger partial charge in [-0.15, -0.1) is 11.3 Å². The van der Waals surface area contributed by atoms with E-state index in [1.165, 1.54) is 16.9 Å². The summed E-state index contributed by atoms with van der Waals surface area (Å²) in [4.78, 5) is 37.8. The van der Waals surface area contributed by atoms with Crippen LogP contribution in [-0.4, -0.2) is 37.7 Å². The number of hydrogen-bond donors (Lipinski definition) is 1. The standard InChI is InChI=1S/C23H27NO6S/c1-3-15-9-11-16(12-10-15)29-14-20(26)30-13-19(25)24-22-21(23(27)28-4-2)17-7-5-6-8-18(17)31-22/h9-12H,3-8,13-14H2,1-2H3,(H,24,25). The summed E-state index contributed by atoms with van der Waals surface area (Å²) in [5.41, 5.74) is 2.56. The summed E-state index contributed by atoms with van der Waals surface area (Å²) < 4.78 is 15.6. The van der Waals surface area contributed by atoms with Crippen molar-refractivity contribution in [1.82, 2.24) is 0 Å². The van der Waals surface area contributed by atoms with Crippen LogP contribution < -0.4 is 10.1 Å². The van der Waals surface area contributed by atoms with Crippen LogP contribution in [0.3, 0.4) is 0 Å². The van der Waals surface area contributed by atoms with Crippen LogP contribution in [0.4, 0.5) is 5.00 Å². The summed E-state index contributed by atoms with van der Waals surface area (Å²) in [6.07, 6.45) is 4.65. The Bertz CT molecular complexity index is 934. The minimum atomic E-state index is -0.647. The third-order valence-electron chi connectivity index (χ3n) is 4.96. The highest BCUT2D eigenvalue weighted by molar-refractivity contribution is 7.17. The number of nitrogens with one attached hydrogen (secondary N) is 1. The molecule has 0 radical (unpaired) electrons. The lowest BCUT2D eigenvalue weighted by molar-refractivity contribution is -0.149. The molecule has 31 heavy (non-hydrogen) atoms. The summed E-state index contributed by atoms with van der Waals surface area (Å²) in [7, 11) is 0. The number of amides is 1. The van der Waals surface area contributed by atoms with Gasteiger partial charge in [0.05, 0.1) is 12.2 Å². The molecule has 7 nitrogen and oxygen atoms in total. The molecule has 1 aliphatic carbocycles. The molecule has 0 saturated heterocycles. The topological polar surface area (TPSA) is 90.9 Å². The molecular weight excluding hydrogens is 418 g/mol. The van der Waals surface area contributed by atoms with E-state index >= 15 is 0 Å². The summed E-state index contributed by atoms with van der Waals surface area (Å²) in [5, 5.41) is 3.17. The maximum Gasteiger partial charge on any atom is 0.344 e. The molecule has 8 heteroatoms. The molecule has 3 rings (SSSR count). The van der Waals surface area contributed by atoms with E-state index in [4.69, 9.17) is 14.2 Å². The number of esters is 2. The molecule has 0 aliphatic heterocycles. The number of rotatable bonds is 9. The zero-order valence-electron chi connectivity index (χ0n) is 17.8. The van der Waals surface area contributed by atoms with Crippen molar-refractivity contribution in [3.63, 3.8) is 0 Å². The average molecular weight is 446 g/mol. The number of carbonyl (C=O) groups excluding carboxylic acids is 3. The van der Waals surface area contributed by atoms with Crippen LogP contribution >= 0.6 is 11.3 Å². The largest absolute Gasteiger partial charge is 0.482 e. The molecule has 0 spiro atoms. The summed E-state index contributed by atoms with van der Waals surface area (Å²) in [5.74, 6) is -1.03. The Morgan fingerprint density at radius 1 is 1.00 bits per heavy atom. The Balaban J connectivity index is 1.53. The lowest BCUT2D eigenvalue weighted by Gasteiger charge is -2.12. The monoisotopic (exact) mass is 445 g/mol. The lowest BCUT2D eigenvalue weighted by atomic mass is 9.95. The van der Waals surface area contributed by atoms with Crippen molar-refractivity contribution in [2.24, 2.45) is 0 Å². The molecule has 0 atom stereocenters. The highest BCUT2D eigenvalue weighted by Gasteiger charge is 2.27. The highest BCUT2D eigenvalue weighted by Crippen LogP contribution is 2.38. The highest BCUT2D eigenvalue weighted by atomic mass is 32.1. The smallest absolute Gasteiger partial charge is 0.344 e. The van der Waals surface area contributed by atoms with Gasteiger partial charge in [0.15, 0.2) is 13.2 Å². The fraction of sp³-hybridized carbons (Fsp3) is 0.435. The zero-order valence-corrected chi connectivity index (χ0v) is 18.6. The number of hydrogen-bond acceptors (Lipinski definition) is 7. The molecule has 0 unspecified atom stereocenters. The first-order chi connectivity index (χ1) is 15.0. The van der Waals surface area contributed by atoms with Crippen LogP contribution in [0, 0.1) is 0 Å². The second kappa shape index (κ2) is 10.9. The van der Waals surface area contributed by atoms with Gasteiger partial charge in [-0.1, -0.05) is 19.1 Å². The van der Waals surface area contributed by atoms with E-state index in [1.54, 1.807) is 19.1 Å². The van der Waals surface area contributed by atoms with Crippen LogP contribution in [0.1, 0.15) is 53.1 Å². The van der Waals surface area contributed by atoms with Crippen LogP contribution in [0.25, 0.3) is 0 Å². The van der Waals surface area contributed by atoms with Crippen LogP contribution in [0.2, 0.25) is 0 Å². The molecule has 166 valence electrons. The number of benzene rings is 1. The molecule has 1 heterocycles. The van der Waals surface area contributed by atoms with E-state index < -0.39 is 24.5 Å². The summed E-state index contributed by atoms with van der Waals surface area (Å²) >= 11 is 1.39. The van der Waals surface area contributed by atoms with Gasteiger partial charge in [-0.05, 0) is 62.3 Å². The zero-order chi connectivity index (χ0) is 22.2. The van der Waals surface area contributed by atoms with Gasteiger partial charge in [0.2, 0.25) is 0 Å². The maximum atomic E-state index is 12.4. The van der Waals surface area contributed by atoms with Crippen molar-refractivity contribution in [2.45, 2.75) is 46.0 Å². The van der Waals surface area contributed by atoms with Gasteiger partial charge in [-0.2, -0.15) is 0 Å². The molecule has 1 amide bonds. The second-order valence-electron chi connectivity index (χ2n) is 7.13. The number of aryl methyl sites for hydroxylation is 2. The Kier molecular flexibility index (Phi) is 8.06. The average Bonchev–Trinajstić information content (AvgIpc) is 3.14. The number of fused-ring (bicyclic) bond motifs is 1. The predicted octanol–water partition coefficient (Wildman–Crippen LogP) is 3.93. The molecule has 1 aliphatic rings. The summed E-state index contributed by atoms with van der Waals surface area (Å²) in [6.45, 7) is 3.31. The van der Waals surface area contributed by atoms with Crippen molar-refractivity contribution >= 4 is 34.2 Å². The van der Waals surface area contributed by atoms with Gasteiger partial charge in [-0.25, -0.2) is 9.59 Å². The van der Waals surface area contributed by atoms with E-state index in [1.807, 2.05) is 12.1 Å². The Morgan fingerprint density at radius 3 is 2.45 bits per heavy atom. The first kappa shape index (κ1) is 22.8. The van der Waals surface area contributed by atoms with Gasteiger partial charge in [-0.3, -0.25) is 4.79 Å². The molecule has 1 aromatic heterocycles. The Hall–Kier alpha value is -2.87. The van der Waals surface area contributed by atoms with Gasteiger partial charge >= 0.3 is 11.9 Å². The minimum absolute atomic E-state index is 0.260. The number of ether oxygens (including phenoxy) is 3. The fourth-order valence-electron chi connectivity index (χ4n) is 3.39. The molecule has 2 aromatic rings. The van der Waals surface area contributed by atoms with Crippen molar-refractivity contribution in [3.05, 3.63) is 45.8 Å². The number of thiophene rings is 1. The van der Waals surface area contributed by atoms with Gasteiger partial charge in [0.25, 0.3) is 5.91 Å². The first-order valence-corrected chi connectivity index (χ1v) is 11.3. The van der Waals surface area contributed by atoms with E-state index in [9.17, 15) is 14.4 Å². The Labute approximate surface area is 185 Å². The predicted molar refractivity (Wildman–Crippen MR) is 118 cm³/mol. The van der Waals surface area contributed by atoms with Gasteiger partial charge in [0.1, 0.15) is 10.8 Å². The van der Waals surface area contributed by atoms with E-state index in [-0.39, 0.29) is 13.2 Å². The quantitative estimate of drug-likeness (QED) is 0.588. The molecule has 1 aromatic carbocycles. The molecule has 0 saturated carbocycles. The molecular formula is C23H27NO6S. The van der Waals surface area contributed by atoms with Gasteiger partial charge in [0, 0.05) is 4.88 Å². The second-order valence-corrected chi connectivity index (χ2v) is 8.24. The minimum Gasteiger partial charge on any atom is -0.482 e. The third kappa shape index (κ3) is 6.07. The molecule has 1 N–H and O–H groups in total. The van der Waals surface area contributed by atoms with Crippen molar-refractivity contribution in [3.8, 4) is 5.75 Å². The number of carbonyl (C=O) groups is 3. The molecule has 0 bridgehead atoms. The van der Waals surface area contributed by atoms with E-state index in [0.29, 0.717) is 16.3 Å². The van der Waals surface area contributed by atoms with Crippen LogP contribution in [0.15, 0.2) is 24.3 Å². The van der Waals surface area contributed by atoms with E-state index in [2.05, 4.69) is 12.2 Å². The van der Waals surface area contributed by atoms with Crippen molar-refractivity contribution < 1.29 is 28.6 Å². The normalized spacial score (nSPS) is 12.6. The van der Waals surface area contributed by atoms with Crippen molar-refractivity contribution in [2.75, 3.05) is 25.1 Å². The maximum absolute atomic E-state index is 12.4. The third-order valence-corrected chi connectivity index (χ3v) is 6.16. The van der Waals surface area contributed by atoms with Crippen LogP contribution in [0.5, 0.6) is 5.75 Å². The fourth-order valence-corrected chi connectivity index (χ4v) is 4.68. The summed E-state index contributed by atoms with van der Waals surface area (Å²) in [6, 6.07) is 7.42. The van der Waals surface area contributed by atoms with Crippen molar-refractivity contribution in [1.29, 1.82) is 0 Å². The SMILES string of the molecule is CCOC(=O)c1c(NC(=O)COC(=O)COc2ccc(CC)cc2)sc2c1CCCC2. The lowest BCUT2D eigenvalue weighted by Crippen LogP contribution is -2.24. The Morgan fingerprint density at radius 2 is 1.74 bits per heavy atom. The van der Waals surface area contributed by atoms with Crippen LogP contribution in [-0.2, 0) is 38.3 Å². The first-order valence-electron chi connectivity index (χ1n) is 10.5.